The number of fused-ring (bicyclic) bond motifs is 2. The maximum absolute atomic E-state index is 12.2. The van der Waals surface area contributed by atoms with Crippen LogP contribution in [0.2, 0.25) is 5.02 Å². The zero-order valence-corrected chi connectivity index (χ0v) is 19.8. The summed E-state index contributed by atoms with van der Waals surface area (Å²) in [6, 6.07) is 10.6. The summed E-state index contributed by atoms with van der Waals surface area (Å²) in [6.45, 7) is 5.49. The van der Waals surface area contributed by atoms with Gasteiger partial charge in [-0.15, -0.1) is 6.58 Å². The molecule has 34 heavy (non-hydrogen) atoms. The van der Waals surface area contributed by atoms with Crippen molar-refractivity contribution in [2.75, 3.05) is 18.0 Å². The van der Waals surface area contributed by atoms with Crippen LogP contribution in [0.3, 0.4) is 0 Å². The fourth-order valence-electron chi connectivity index (χ4n) is 4.93. The molecule has 6 nitrogen and oxygen atoms in total. The Bertz CT molecular complexity index is 1080. The zero-order chi connectivity index (χ0) is 24.2. The van der Waals surface area contributed by atoms with Gasteiger partial charge in [0.1, 0.15) is 12.4 Å². The summed E-state index contributed by atoms with van der Waals surface area (Å²) >= 11 is 6.23. The van der Waals surface area contributed by atoms with Crippen LogP contribution >= 0.6 is 11.6 Å². The fourth-order valence-corrected chi connectivity index (χ4v) is 5.13. The standard InChI is InChI=1S/C27H30ClNO5/c1-2-24(30)22-10-7-19(22)15-29-12-4-3-5-17-13-21(28)9-6-20(17)16-34-25-11-8-18(14-23(25)29)26(31)27(32)33/h2,6,8-9,11,13-14,19,22,24,30H,1,3-5,7,10,12,15-16H2,(H,32,33)/t19-,22+,24-/m0/s1. The van der Waals surface area contributed by atoms with Crippen molar-refractivity contribution < 1.29 is 24.5 Å². The van der Waals surface area contributed by atoms with E-state index in [2.05, 4.69) is 11.5 Å². The quantitative estimate of drug-likeness (QED) is 0.345. The molecule has 0 bridgehead atoms. The summed E-state index contributed by atoms with van der Waals surface area (Å²) in [5, 5.41) is 20.2. The minimum Gasteiger partial charge on any atom is -0.487 e. The van der Waals surface area contributed by atoms with E-state index < -0.39 is 17.9 Å². The lowest BCUT2D eigenvalue weighted by molar-refractivity contribution is -0.131. The number of nitrogens with zero attached hydrogens (tertiary/aromatic N) is 1. The Kier molecular flexibility index (Phi) is 7.59. The molecule has 1 aliphatic heterocycles. The number of carboxylic acid groups (broad SMARTS) is 1. The average Bonchev–Trinajstić information content (AvgIpc) is 2.84. The number of carbonyl (C=O) groups excluding carboxylic acids is 1. The van der Waals surface area contributed by atoms with Crippen molar-refractivity contribution >= 4 is 29.0 Å². The molecule has 0 unspecified atom stereocenters. The highest BCUT2D eigenvalue weighted by molar-refractivity contribution is 6.40. The Morgan fingerprint density at radius 2 is 2.00 bits per heavy atom. The van der Waals surface area contributed by atoms with Gasteiger partial charge in [-0.05, 0) is 85.4 Å². The number of aliphatic hydroxyl groups excluding tert-OH is 1. The number of ether oxygens (including phenoxy) is 1. The molecular weight excluding hydrogens is 454 g/mol. The number of aryl methyl sites for hydroxylation is 1. The molecule has 1 fully saturated rings. The van der Waals surface area contributed by atoms with Crippen molar-refractivity contribution in [1.29, 1.82) is 0 Å². The van der Waals surface area contributed by atoms with Crippen molar-refractivity contribution in [3.05, 3.63) is 70.8 Å². The van der Waals surface area contributed by atoms with Gasteiger partial charge in [0.05, 0.1) is 11.8 Å². The van der Waals surface area contributed by atoms with Gasteiger partial charge in [-0.3, -0.25) is 4.79 Å². The lowest BCUT2D eigenvalue weighted by Crippen LogP contribution is -2.43. The van der Waals surface area contributed by atoms with Gasteiger partial charge < -0.3 is 19.8 Å². The molecule has 7 heteroatoms. The molecule has 1 aliphatic carbocycles. The molecule has 2 aliphatic rings. The van der Waals surface area contributed by atoms with Crippen LogP contribution in [0.15, 0.2) is 49.1 Å². The molecule has 0 aromatic heterocycles. The molecule has 1 saturated carbocycles. The topological polar surface area (TPSA) is 87.1 Å². The van der Waals surface area contributed by atoms with Crippen LogP contribution in [0.25, 0.3) is 0 Å². The maximum atomic E-state index is 12.2. The third-order valence-electron chi connectivity index (χ3n) is 7.04. The highest BCUT2D eigenvalue weighted by Gasteiger charge is 2.36. The van der Waals surface area contributed by atoms with Gasteiger partial charge in [0.25, 0.3) is 5.78 Å². The SMILES string of the molecule is C=C[C@H](O)[C@@H]1CC[C@H]1CN1CCCCc2cc(Cl)ccc2COc2ccc(C(=O)C(=O)O)cc21. The molecule has 1 heterocycles. The van der Waals surface area contributed by atoms with Crippen LogP contribution in [0, 0.1) is 11.8 Å². The summed E-state index contributed by atoms with van der Waals surface area (Å²) in [7, 11) is 0. The Morgan fingerprint density at radius 3 is 2.71 bits per heavy atom. The number of anilines is 1. The third-order valence-corrected chi connectivity index (χ3v) is 7.28. The van der Waals surface area contributed by atoms with E-state index in [4.69, 9.17) is 16.3 Å². The molecule has 3 atom stereocenters. The van der Waals surface area contributed by atoms with Gasteiger partial charge in [-0.2, -0.15) is 0 Å². The number of carbonyl (C=O) groups is 2. The predicted molar refractivity (Wildman–Crippen MR) is 132 cm³/mol. The minimum atomic E-state index is -1.48. The van der Waals surface area contributed by atoms with Gasteiger partial charge in [-0.25, -0.2) is 4.79 Å². The maximum Gasteiger partial charge on any atom is 0.377 e. The number of aliphatic hydroxyl groups is 1. The van der Waals surface area contributed by atoms with Gasteiger partial charge >= 0.3 is 5.97 Å². The Balaban J connectivity index is 1.68. The van der Waals surface area contributed by atoms with E-state index in [1.165, 1.54) is 6.07 Å². The minimum absolute atomic E-state index is 0.123. The molecule has 2 aromatic rings. The number of rotatable bonds is 6. The number of halogens is 1. The van der Waals surface area contributed by atoms with Crippen LogP contribution < -0.4 is 9.64 Å². The van der Waals surface area contributed by atoms with Crippen molar-refractivity contribution in [3.8, 4) is 5.75 Å². The second kappa shape index (κ2) is 10.6. The first-order chi connectivity index (χ1) is 16.4. The second-order valence-corrected chi connectivity index (χ2v) is 9.59. The van der Waals surface area contributed by atoms with E-state index in [9.17, 15) is 19.8 Å². The molecule has 0 amide bonds. The first-order valence-corrected chi connectivity index (χ1v) is 12.1. The highest BCUT2D eigenvalue weighted by Crippen LogP contribution is 2.40. The number of carboxylic acids is 1. The summed E-state index contributed by atoms with van der Waals surface area (Å²) in [5.74, 6) is -1.40. The second-order valence-electron chi connectivity index (χ2n) is 9.15. The molecule has 0 spiro atoms. The largest absolute Gasteiger partial charge is 0.487 e. The highest BCUT2D eigenvalue weighted by atomic mass is 35.5. The Morgan fingerprint density at radius 1 is 1.18 bits per heavy atom. The smallest absolute Gasteiger partial charge is 0.377 e. The van der Waals surface area contributed by atoms with Gasteiger partial charge in [0.2, 0.25) is 0 Å². The summed E-state index contributed by atoms with van der Waals surface area (Å²) in [6.07, 6.45) is 5.74. The summed E-state index contributed by atoms with van der Waals surface area (Å²) < 4.78 is 6.23. The number of aliphatic carboxylic acids is 1. The normalized spacial score (nSPS) is 21.1. The summed E-state index contributed by atoms with van der Waals surface area (Å²) in [5.41, 5.74) is 3.05. The zero-order valence-electron chi connectivity index (χ0n) is 19.1. The number of Topliss-reactive ketones (excluding diaryl/α,β-unsaturated/α-hetero) is 1. The van der Waals surface area contributed by atoms with Crippen LogP contribution in [0.1, 0.15) is 47.2 Å². The fraction of sp³-hybridized carbons (Fsp3) is 0.407. The lowest BCUT2D eigenvalue weighted by Gasteiger charge is -2.42. The lowest BCUT2D eigenvalue weighted by atomic mass is 9.70. The molecule has 2 aromatic carbocycles. The van der Waals surface area contributed by atoms with Crippen molar-refractivity contribution in [2.45, 2.75) is 44.8 Å². The Hall–Kier alpha value is -2.83. The van der Waals surface area contributed by atoms with E-state index in [1.807, 2.05) is 18.2 Å². The van der Waals surface area contributed by atoms with Crippen LogP contribution in [0.4, 0.5) is 5.69 Å². The Labute approximate surface area is 204 Å². The number of hydrogen-bond donors (Lipinski definition) is 2. The third kappa shape index (κ3) is 5.29. The number of ketones is 1. The van der Waals surface area contributed by atoms with Gasteiger partial charge in [-0.1, -0.05) is 23.7 Å². The van der Waals surface area contributed by atoms with E-state index >= 15 is 0 Å². The van der Waals surface area contributed by atoms with E-state index in [1.54, 1.807) is 18.2 Å². The van der Waals surface area contributed by atoms with Crippen LogP contribution in [-0.2, 0) is 17.8 Å². The number of hydrogen-bond acceptors (Lipinski definition) is 5. The average molecular weight is 484 g/mol. The molecule has 2 N–H and O–H groups in total. The van der Waals surface area contributed by atoms with Crippen molar-refractivity contribution in [1.82, 2.24) is 0 Å². The van der Waals surface area contributed by atoms with Crippen LogP contribution in [0.5, 0.6) is 5.75 Å². The van der Waals surface area contributed by atoms with E-state index in [-0.39, 0.29) is 17.4 Å². The van der Waals surface area contributed by atoms with E-state index in [0.29, 0.717) is 29.6 Å². The monoisotopic (exact) mass is 483 g/mol. The molecular formula is C27H30ClNO5. The van der Waals surface area contributed by atoms with Crippen molar-refractivity contribution in [3.63, 3.8) is 0 Å². The molecule has 180 valence electrons. The predicted octanol–water partition coefficient (Wildman–Crippen LogP) is 4.90. The molecule has 4 rings (SSSR count). The summed E-state index contributed by atoms with van der Waals surface area (Å²) in [4.78, 5) is 25.7. The van der Waals surface area contributed by atoms with Crippen molar-refractivity contribution in [2.24, 2.45) is 11.8 Å². The van der Waals surface area contributed by atoms with E-state index in [0.717, 1.165) is 49.8 Å². The van der Waals surface area contributed by atoms with Crippen LogP contribution in [-0.4, -0.2) is 41.2 Å². The first-order valence-electron chi connectivity index (χ1n) is 11.7. The number of benzene rings is 2. The first kappa shape index (κ1) is 24.3. The molecule has 0 saturated heterocycles. The molecule has 0 radical (unpaired) electrons. The van der Waals surface area contributed by atoms with Gasteiger partial charge in [0.15, 0.2) is 0 Å². The van der Waals surface area contributed by atoms with Gasteiger partial charge in [0, 0.05) is 23.7 Å².